The van der Waals surface area contributed by atoms with Gasteiger partial charge in [0.25, 0.3) is 0 Å². The van der Waals surface area contributed by atoms with Gasteiger partial charge in [-0.3, -0.25) is 4.98 Å². The van der Waals surface area contributed by atoms with Crippen molar-refractivity contribution in [2.75, 3.05) is 6.54 Å². The molecule has 0 amide bonds. The molecule has 0 saturated carbocycles. The summed E-state index contributed by atoms with van der Waals surface area (Å²) in [6, 6.07) is 8.89. The number of aromatic nitrogens is 2. The Morgan fingerprint density at radius 1 is 1.14 bits per heavy atom. The molecule has 3 heterocycles. The molecule has 0 bridgehead atoms. The fourth-order valence-electron chi connectivity index (χ4n) is 3.97. The molecule has 1 N–H and O–H groups in total. The van der Waals surface area contributed by atoms with Crippen molar-refractivity contribution in [2.24, 2.45) is 0 Å². The van der Waals surface area contributed by atoms with Gasteiger partial charge in [-0.05, 0) is 56.2 Å². The van der Waals surface area contributed by atoms with Crippen LogP contribution in [0.5, 0.6) is 5.88 Å². The number of hydrogen-bond donors (Lipinski definition) is 1. The molecule has 4 rings (SSSR count). The Kier molecular flexibility index (Phi) is 4.17. The molecule has 2 aromatic heterocycles. The van der Waals surface area contributed by atoms with Crippen LogP contribution in [0.1, 0.15) is 28.1 Å². The van der Waals surface area contributed by atoms with E-state index < -0.39 is 10.0 Å². The van der Waals surface area contributed by atoms with Gasteiger partial charge in [0.05, 0.1) is 39.7 Å². The van der Waals surface area contributed by atoms with Crippen molar-refractivity contribution in [2.45, 2.75) is 38.8 Å². The molecule has 0 fully saturated rings. The monoisotopic (exact) mass is 396 g/mol. The molecule has 1 aliphatic rings. The summed E-state index contributed by atoms with van der Waals surface area (Å²) in [5.74, 6) is 0.125. The zero-order valence-corrected chi connectivity index (χ0v) is 16.7. The van der Waals surface area contributed by atoms with Crippen LogP contribution in [0.3, 0.4) is 0 Å². The normalized spacial score (nSPS) is 14.8. The predicted octanol–water partition coefficient (Wildman–Crippen LogP) is 2.74. The number of pyridine rings is 1. The molecule has 0 unspecified atom stereocenters. The summed E-state index contributed by atoms with van der Waals surface area (Å²) in [4.78, 5) is 4.76. The molecular formula is C20H20N4O3S. The summed E-state index contributed by atoms with van der Waals surface area (Å²) in [7, 11) is -3.76. The van der Waals surface area contributed by atoms with Crippen LogP contribution >= 0.6 is 0 Å². The van der Waals surface area contributed by atoms with E-state index in [9.17, 15) is 13.5 Å². The van der Waals surface area contributed by atoms with Gasteiger partial charge in [-0.1, -0.05) is 0 Å². The van der Waals surface area contributed by atoms with E-state index in [1.807, 2.05) is 19.1 Å². The van der Waals surface area contributed by atoms with Crippen LogP contribution in [0.2, 0.25) is 0 Å². The Bertz CT molecular complexity index is 1250. The van der Waals surface area contributed by atoms with Gasteiger partial charge in [0.2, 0.25) is 15.9 Å². The molecule has 28 heavy (non-hydrogen) atoms. The molecule has 0 saturated heterocycles. The third-order valence-electron chi connectivity index (χ3n) is 5.22. The van der Waals surface area contributed by atoms with E-state index in [4.69, 9.17) is 5.26 Å². The van der Waals surface area contributed by atoms with Gasteiger partial charge in [-0.25, -0.2) is 8.42 Å². The number of rotatable bonds is 2. The number of sulfonamides is 1. The minimum absolute atomic E-state index is 0.125. The summed E-state index contributed by atoms with van der Waals surface area (Å²) >= 11 is 0. The molecule has 0 atom stereocenters. The topological polar surface area (TPSA) is 99.2 Å². The van der Waals surface area contributed by atoms with E-state index in [0.717, 1.165) is 5.69 Å². The second kappa shape index (κ2) is 6.33. The van der Waals surface area contributed by atoms with Gasteiger partial charge in [-0.2, -0.15) is 9.57 Å². The average Bonchev–Trinajstić information content (AvgIpc) is 2.92. The fraction of sp³-hybridized carbons (Fsp3) is 0.300. The molecule has 144 valence electrons. The number of nitriles is 1. The summed E-state index contributed by atoms with van der Waals surface area (Å²) in [6.07, 6.45) is 0. The summed E-state index contributed by atoms with van der Waals surface area (Å²) in [6.45, 7) is 6.01. The quantitative estimate of drug-likeness (QED) is 0.718. The molecule has 7 nitrogen and oxygen atoms in total. The minimum atomic E-state index is -3.76. The lowest BCUT2D eigenvalue weighted by Crippen LogP contribution is -2.38. The molecule has 3 aromatic rings. The van der Waals surface area contributed by atoms with Crippen LogP contribution in [0.4, 0.5) is 0 Å². The summed E-state index contributed by atoms with van der Waals surface area (Å²) < 4.78 is 30.0. The Morgan fingerprint density at radius 3 is 2.46 bits per heavy atom. The lowest BCUT2D eigenvalue weighted by atomic mass is 10.1. The van der Waals surface area contributed by atoms with Crippen molar-refractivity contribution in [1.29, 1.82) is 5.26 Å². The van der Waals surface area contributed by atoms with Gasteiger partial charge in [0.15, 0.2) is 0 Å². The first kappa shape index (κ1) is 18.5. The van der Waals surface area contributed by atoms with Crippen LogP contribution in [0.25, 0.3) is 10.9 Å². The van der Waals surface area contributed by atoms with Gasteiger partial charge < -0.3 is 9.67 Å². The van der Waals surface area contributed by atoms with Crippen LogP contribution in [-0.2, 0) is 23.1 Å². The van der Waals surface area contributed by atoms with E-state index in [1.165, 1.54) is 4.31 Å². The third-order valence-corrected chi connectivity index (χ3v) is 7.37. The van der Waals surface area contributed by atoms with E-state index in [1.54, 1.807) is 30.5 Å². The highest BCUT2D eigenvalue weighted by Gasteiger charge is 2.33. The number of aromatic hydroxyl groups is 1. The number of fused-ring (bicyclic) bond motifs is 3. The Hall–Kier alpha value is -2.89. The third kappa shape index (κ3) is 2.66. The summed E-state index contributed by atoms with van der Waals surface area (Å²) in [5, 5.41) is 20.3. The number of benzene rings is 1. The smallest absolute Gasteiger partial charge is 0.244 e. The van der Waals surface area contributed by atoms with Crippen molar-refractivity contribution in [1.82, 2.24) is 13.9 Å². The van der Waals surface area contributed by atoms with Crippen molar-refractivity contribution < 1.29 is 13.5 Å². The maximum absolute atomic E-state index is 13.4. The molecule has 0 spiro atoms. The van der Waals surface area contributed by atoms with Gasteiger partial charge >= 0.3 is 0 Å². The SMILES string of the molecule is Cc1ccc2c(O)n3c(c2n1)CN(S(=O)(=O)c1c(C)cc(C#N)cc1C)CC3. The zero-order chi connectivity index (χ0) is 20.2. The van der Waals surface area contributed by atoms with Crippen molar-refractivity contribution in [3.05, 3.63) is 52.3 Å². The fourth-order valence-corrected chi connectivity index (χ4v) is 5.78. The molecule has 1 aliphatic heterocycles. The largest absolute Gasteiger partial charge is 0.494 e. The number of aryl methyl sites for hydroxylation is 3. The molecule has 0 aliphatic carbocycles. The number of hydrogen-bond acceptors (Lipinski definition) is 5. The Morgan fingerprint density at radius 2 is 1.82 bits per heavy atom. The number of nitrogens with zero attached hydrogens (tertiary/aromatic N) is 4. The molecule has 8 heteroatoms. The van der Waals surface area contributed by atoms with Crippen molar-refractivity contribution in [3.63, 3.8) is 0 Å². The second-order valence-corrected chi connectivity index (χ2v) is 9.04. The first-order valence-corrected chi connectivity index (χ1v) is 10.4. The van der Waals surface area contributed by atoms with E-state index in [2.05, 4.69) is 11.1 Å². The maximum Gasteiger partial charge on any atom is 0.244 e. The maximum atomic E-state index is 13.4. The molecule has 1 aromatic carbocycles. The standard InChI is InChI=1S/C20H20N4O3S/c1-12-8-15(10-21)9-13(2)19(12)28(26,27)23-6-7-24-17(11-23)18-16(20(24)25)5-4-14(3)22-18/h4-5,8-9,25H,6-7,11H2,1-3H3. The van der Waals surface area contributed by atoms with Crippen LogP contribution < -0.4 is 0 Å². The highest BCUT2D eigenvalue weighted by Crippen LogP contribution is 2.35. The Balaban J connectivity index is 1.81. The predicted molar refractivity (Wildman–Crippen MR) is 104 cm³/mol. The Labute approximate surface area is 163 Å². The van der Waals surface area contributed by atoms with Crippen LogP contribution in [0, 0.1) is 32.1 Å². The van der Waals surface area contributed by atoms with E-state index in [0.29, 0.717) is 39.8 Å². The first-order valence-electron chi connectivity index (χ1n) is 8.93. The van der Waals surface area contributed by atoms with Crippen molar-refractivity contribution >= 4 is 20.9 Å². The van der Waals surface area contributed by atoms with E-state index >= 15 is 0 Å². The first-order chi connectivity index (χ1) is 13.2. The van der Waals surface area contributed by atoms with Crippen LogP contribution in [-0.4, -0.2) is 33.9 Å². The minimum Gasteiger partial charge on any atom is -0.494 e. The lowest BCUT2D eigenvalue weighted by molar-refractivity contribution is 0.317. The van der Waals surface area contributed by atoms with Gasteiger partial charge in [0.1, 0.15) is 0 Å². The van der Waals surface area contributed by atoms with Gasteiger partial charge in [0, 0.05) is 18.8 Å². The average molecular weight is 396 g/mol. The van der Waals surface area contributed by atoms with Gasteiger partial charge in [-0.15, -0.1) is 0 Å². The van der Waals surface area contributed by atoms with E-state index in [-0.39, 0.29) is 23.9 Å². The van der Waals surface area contributed by atoms with Crippen LogP contribution in [0.15, 0.2) is 29.2 Å². The second-order valence-electron chi connectivity index (χ2n) is 7.16. The molecule has 0 radical (unpaired) electrons. The molecular weight excluding hydrogens is 376 g/mol. The van der Waals surface area contributed by atoms with Crippen molar-refractivity contribution in [3.8, 4) is 11.9 Å². The lowest BCUT2D eigenvalue weighted by Gasteiger charge is -2.29. The summed E-state index contributed by atoms with van der Waals surface area (Å²) in [5.41, 5.74) is 3.68. The highest BCUT2D eigenvalue weighted by molar-refractivity contribution is 7.89. The zero-order valence-electron chi connectivity index (χ0n) is 15.9. The highest BCUT2D eigenvalue weighted by atomic mass is 32.2.